The van der Waals surface area contributed by atoms with Crippen molar-refractivity contribution in [3.05, 3.63) is 21.7 Å². The smallest absolute Gasteiger partial charge is 0.272 e. The lowest BCUT2D eigenvalue weighted by Crippen LogP contribution is -2.17. The van der Waals surface area contributed by atoms with Crippen molar-refractivity contribution < 1.29 is 0 Å². The zero-order valence-corrected chi connectivity index (χ0v) is 7.36. The molecular weight excluding hydrogens is 196 g/mol. The average molecular weight is 201 g/mol. The summed E-state index contributed by atoms with van der Waals surface area (Å²) in [6.07, 6.45) is 1.57. The van der Waals surface area contributed by atoms with E-state index >= 15 is 0 Å². The molecule has 0 aliphatic carbocycles. The highest BCUT2D eigenvalue weighted by molar-refractivity contribution is 6.32. The second-order valence-corrected chi connectivity index (χ2v) is 2.80. The Kier molecular flexibility index (Phi) is 1.66. The minimum absolute atomic E-state index is 0.267. The standard InChI is InChI=1S/C5H5ClN6O/c1-11-2-3(6)4(8-11)12-5(13)7-9-10-12/h2H,1H3,(H,7,10,13). The Morgan fingerprint density at radius 2 is 2.38 bits per heavy atom. The first-order chi connectivity index (χ1) is 6.18. The molecule has 7 nitrogen and oxygen atoms in total. The van der Waals surface area contributed by atoms with Crippen molar-refractivity contribution in [1.29, 1.82) is 0 Å². The number of hydrogen-bond acceptors (Lipinski definition) is 4. The fourth-order valence-electron chi connectivity index (χ4n) is 0.928. The van der Waals surface area contributed by atoms with Crippen LogP contribution >= 0.6 is 11.6 Å². The summed E-state index contributed by atoms with van der Waals surface area (Å²) in [6, 6.07) is 0. The predicted molar refractivity (Wildman–Crippen MR) is 43.8 cm³/mol. The molecule has 1 N–H and O–H groups in total. The molecule has 0 fully saturated rings. The fraction of sp³-hybridized carbons (Fsp3) is 0.200. The highest BCUT2D eigenvalue weighted by Gasteiger charge is 2.11. The second-order valence-electron chi connectivity index (χ2n) is 2.39. The zero-order valence-electron chi connectivity index (χ0n) is 6.60. The third-order valence-electron chi connectivity index (χ3n) is 1.44. The molecule has 0 radical (unpaired) electrons. The number of halogens is 1. The molecule has 0 amide bonds. The van der Waals surface area contributed by atoms with Crippen LogP contribution in [0, 0.1) is 0 Å². The van der Waals surface area contributed by atoms with Gasteiger partial charge in [-0.3, -0.25) is 4.68 Å². The molecule has 2 aromatic heterocycles. The Bertz CT molecular complexity index is 481. The normalized spacial score (nSPS) is 10.6. The number of rotatable bonds is 1. The minimum atomic E-state index is -0.472. The van der Waals surface area contributed by atoms with E-state index in [1.54, 1.807) is 13.2 Å². The molecule has 0 atom stereocenters. The van der Waals surface area contributed by atoms with E-state index in [0.29, 0.717) is 5.02 Å². The van der Waals surface area contributed by atoms with Gasteiger partial charge in [0.05, 0.1) is 0 Å². The van der Waals surface area contributed by atoms with Crippen LogP contribution in [-0.2, 0) is 7.05 Å². The van der Waals surface area contributed by atoms with E-state index in [-0.39, 0.29) is 5.82 Å². The summed E-state index contributed by atoms with van der Waals surface area (Å²) in [4.78, 5) is 11.1. The summed E-state index contributed by atoms with van der Waals surface area (Å²) in [7, 11) is 1.69. The van der Waals surface area contributed by atoms with Crippen LogP contribution in [-0.4, -0.2) is 30.0 Å². The van der Waals surface area contributed by atoms with E-state index in [1.807, 2.05) is 0 Å². The number of aromatic nitrogens is 6. The molecule has 0 unspecified atom stereocenters. The van der Waals surface area contributed by atoms with Crippen LogP contribution < -0.4 is 5.69 Å². The summed E-state index contributed by atoms with van der Waals surface area (Å²) in [6.45, 7) is 0. The first kappa shape index (κ1) is 7.99. The quantitative estimate of drug-likeness (QED) is 0.663. The highest BCUT2D eigenvalue weighted by atomic mass is 35.5. The van der Waals surface area contributed by atoms with E-state index < -0.39 is 5.69 Å². The van der Waals surface area contributed by atoms with Crippen molar-refractivity contribution in [2.24, 2.45) is 7.05 Å². The average Bonchev–Trinajstić information content (AvgIpc) is 2.58. The van der Waals surface area contributed by atoms with Gasteiger partial charge in [-0.05, 0) is 10.4 Å². The lowest BCUT2D eigenvalue weighted by Gasteiger charge is -1.90. The van der Waals surface area contributed by atoms with Crippen molar-refractivity contribution in [3.8, 4) is 5.82 Å². The molecule has 8 heteroatoms. The van der Waals surface area contributed by atoms with E-state index in [2.05, 4.69) is 20.6 Å². The van der Waals surface area contributed by atoms with Crippen LogP contribution in [0.2, 0.25) is 5.02 Å². The number of aryl methyl sites for hydroxylation is 1. The van der Waals surface area contributed by atoms with Gasteiger partial charge in [-0.15, -0.1) is 4.68 Å². The van der Waals surface area contributed by atoms with Gasteiger partial charge in [-0.25, -0.2) is 9.89 Å². The molecular formula is C5H5ClN6O. The lowest BCUT2D eigenvalue weighted by molar-refractivity contribution is 0.706. The molecule has 0 spiro atoms. The van der Waals surface area contributed by atoms with Crippen molar-refractivity contribution in [3.63, 3.8) is 0 Å². The number of tetrazole rings is 1. The third-order valence-corrected chi connectivity index (χ3v) is 1.71. The molecule has 2 aromatic rings. The number of nitrogens with zero attached hydrogens (tertiary/aromatic N) is 5. The molecule has 0 aliphatic heterocycles. The van der Waals surface area contributed by atoms with Crippen LogP contribution in [0.1, 0.15) is 0 Å². The van der Waals surface area contributed by atoms with Gasteiger partial charge in [-0.2, -0.15) is 5.10 Å². The summed E-state index contributed by atoms with van der Waals surface area (Å²) in [5.74, 6) is 0.267. The van der Waals surface area contributed by atoms with E-state index in [9.17, 15) is 4.79 Å². The Morgan fingerprint density at radius 1 is 1.62 bits per heavy atom. The first-order valence-corrected chi connectivity index (χ1v) is 3.76. The molecule has 2 rings (SSSR count). The molecule has 0 saturated carbocycles. The maximum absolute atomic E-state index is 11.1. The summed E-state index contributed by atoms with van der Waals surface area (Å²) in [5, 5.41) is 13.2. The van der Waals surface area contributed by atoms with E-state index in [4.69, 9.17) is 11.6 Å². The van der Waals surface area contributed by atoms with Crippen LogP contribution in [0.4, 0.5) is 0 Å². The van der Waals surface area contributed by atoms with Crippen molar-refractivity contribution >= 4 is 11.6 Å². The van der Waals surface area contributed by atoms with Crippen molar-refractivity contribution in [2.45, 2.75) is 0 Å². The number of nitrogens with one attached hydrogen (secondary N) is 1. The highest BCUT2D eigenvalue weighted by Crippen LogP contribution is 2.14. The molecule has 2 heterocycles. The van der Waals surface area contributed by atoms with Gasteiger partial charge in [-0.1, -0.05) is 11.6 Å². The maximum Gasteiger partial charge on any atom is 0.367 e. The molecule has 13 heavy (non-hydrogen) atoms. The van der Waals surface area contributed by atoms with Crippen molar-refractivity contribution in [2.75, 3.05) is 0 Å². The third kappa shape index (κ3) is 1.22. The largest absolute Gasteiger partial charge is 0.367 e. The topological polar surface area (TPSA) is 81.4 Å². The zero-order chi connectivity index (χ0) is 9.42. The Morgan fingerprint density at radius 3 is 2.85 bits per heavy atom. The lowest BCUT2D eigenvalue weighted by atomic mass is 10.6. The van der Waals surface area contributed by atoms with Gasteiger partial charge in [0.2, 0.25) is 5.82 Å². The Balaban J connectivity index is 2.65. The van der Waals surface area contributed by atoms with E-state index in [0.717, 1.165) is 4.68 Å². The SMILES string of the molecule is Cn1cc(Cl)c(-n2nn[nH]c2=O)n1. The van der Waals surface area contributed by atoms with Crippen LogP contribution in [0.5, 0.6) is 0 Å². The van der Waals surface area contributed by atoms with Crippen LogP contribution in [0.15, 0.2) is 11.0 Å². The van der Waals surface area contributed by atoms with Crippen molar-refractivity contribution in [1.82, 2.24) is 30.0 Å². The second kappa shape index (κ2) is 2.70. The van der Waals surface area contributed by atoms with Gasteiger partial charge in [0.1, 0.15) is 5.02 Å². The maximum atomic E-state index is 11.1. The minimum Gasteiger partial charge on any atom is -0.272 e. The fourth-order valence-corrected chi connectivity index (χ4v) is 1.19. The molecule has 0 aromatic carbocycles. The first-order valence-electron chi connectivity index (χ1n) is 3.38. The molecule has 0 aliphatic rings. The van der Waals surface area contributed by atoms with Gasteiger partial charge in [0, 0.05) is 13.2 Å². The van der Waals surface area contributed by atoms with Gasteiger partial charge in [0.15, 0.2) is 0 Å². The molecule has 0 bridgehead atoms. The molecule has 0 saturated heterocycles. The van der Waals surface area contributed by atoms with Gasteiger partial charge >= 0.3 is 5.69 Å². The monoisotopic (exact) mass is 200 g/mol. The van der Waals surface area contributed by atoms with Crippen LogP contribution in [0.3, 0.4) is 0 Å². The molecule has 68 valence electrons. The van der Waals surface area contributed by atoms with Crippen LogP contribution in [0.25, 0.3) is 5.82 Å². The summed E-state index contributed by atoms with van der Waals surface area (Å²) < 4.78 is 2.47. The van der Waals surface area contributed by atoms with Gasteiger partial charge in [0.25, 0.3) is 0 Å². The Hall–Kier alpha value is -1.63. The van der Waals surface area contributed by atoms with E-state index in [1.165, 1.54) is 4.68 Å². The number of aromatic amines is 1. The summed E-state index contributed by atoms with van der Waals surface area (Å²) in [5.41, 5.74) is -0.472. The number of hydrogen-bond donors (Lipinski definition) is 1. The predicted octanol–water partition coefficient (Wildman–Crippen LogP) is -0.658. The van der Waals surface area contributed by atoms with Gasteiger partial charge < -0.3 is 0 Å². The number of H-pyrrole nitrogens is 1. The Labute approximate surface area is 76.9 Å². The summed E-state index contributed by atoms with van der Waals surface area (Å²) >= 11 is 5.78.